The SMILES string of the molecule is CC(C)c1nn(-c2ccccc2C(=O)O)c2c1CN(C)CC2. The van der Waals surface area contributed by atoms with Crippen molar-refractivity contribution in [1.82, 2.24) is 14.7 Å². The number of aromatic carboxylic acids is 1. The van der Waals surface area contributed by atoms with E-state index in [0.29, 0.717) is 17.2 Å². The molecule has 1 aliphatic rings. The third-order valence-electron chi connectivity index (χ3n) is 4.19. The van der Waals surface area contributed by atoms with E-state index in [1.54, 1.807) is 12.1 Å². The van der Waals surface area contributed by atoms with Gasteiger partial charge in [-0.2, -0.15) is 5.10 Å². The molecule has 0 saturated heterocycles. The van der Waals surface area contributed by atoms with Gasteiger partial charge in [-0.15, -0.1) is 0 Å². The molecule has 0 unspecified atom stereocenters. The van der Waals surface area contributed by atoms with Crippen molar-refractivity contribution in [2.75, 3.05) is 13.6 Å². The van der Waals surface area contributed by atoms with Crippen molar-refractivity contribution < 1.29 is 9.90 Å². The van der Waals surface area contributed by atoms with Gasteiger partial charge in [0.25, 0.3) is 0 Å². The zero-order valence-corrected chi connectivity index (χ0v) is 13.2. The Morgan fingerprint density at radius 2 is 2.05 bits per heavy atom. The molecule has 116 valence electrons. The minimum atomic E-state index is -0.918. The molecular weight excluding hydrogens is 278 g/mol. The van der Waals surface area contributed by atoms with Gasteiger partial charge >= 0.3 is 5.97 Å². The van der Waals surface area contributed by atoms with Gasteiger partial charge < -0.3 is 10.0 Å². The van der Waals surface area contributed by atoms with Crippen molar-refractivity contribution in [2.45, 2.75) is 32.7 Å². The largest absolute Gasteiger partial charge is 0.478 e. The number of benzene rings is 1. The van der Waals surface area contributed by atoms with Crippen LogP contribution < -0.4 is 0 Å². The number of rotatable bonds is 3. The highest BCUT2D eigenvalue weighted by molar-refractivity contribution is 5.91. The smallest absolute Gasteiger partial charge is 0.337 e. The third-order valence-corrected chi connectivity index (χ3v) is 4.19. The van der Waals surface area contributed by atoms with Crippen molar-refractivity contribution in [3.63, 3.8) is 0 Å². The highest BCUT2D eigenvalue weighted by Crippen LogP contribution is 2.29. The molecule has 1 aromatic heterocycles. The van der Waals surface area contributed by atoms with Gasteiger partial charge in [0.2, 0.25) is 0 Å². The van der Waals surface area contributed by atoms with Gasteiger partial charge in [0.15, 0.2) is 0 Å². The standard InChI is InChI=1S/C17H21N3O2/c1-11(2)16-13-10-19(3)9-8-15(13)20(18-16)14-7-5-4-6-12(14)17(21)22/h4-7,11H,8-10H2,1-3H3,(H,21,22). The second-order valence-corrected chi connectivity index (χ2v) is 6.19. The molecule has 22 heavy (non-hydrogen) atoms. The predicted molar refractivity (Wildman–Crippen MR) is 84.7 cm³/mol. The van der Waals surface area contributed by atoms with E-state index in [1.165, 1.54) is 5.56 Å². The zero-order valence-electron chi connectivity index (χ0n) is 13.2. The number of para-hydroxylation sites is 1. The third kappa shape index (κ3) is 2.41. The summed E-state index contributed by atoms with van der Waals surface area (Å²) >= 11 is 0. The van der Waals surface area contributed by atoms with Gasteiger partial charge in [0.1, 0.15) is 0 Å². The summed E-state index contributed by atoms with van der Waals surface area (Å²) in [5.41, 5.74) is 4.42. The Bertz CT molecular complexity index is 719. The fraction of sp³-hybridized carbons (Fsp3) is 0.412. The minimum Gasteiger partial charge on any atom is -0.478 e. The maximum absolute atomic E-state index is 11.5. The Kier molecular flexibility index (Phi) is 3.74. The summed E-state index contributed by atoms with van der Waals surface area (Å²) in [4.78, 5) is 13.8. The Hall–Kier alpha value is -2.14. The summed E-state index contributed by atoms with van der Waals surface area (Å²) in [5.74, 6) is -0.600. The summed E-state index contributed by atoms with van der Waals surface area (Å²) in [6.07, 6.45) is 0.888. The molecule has 0 fully saturated rings. The van der Waals surface area contributed by atoms with E-state index in [1.807, 2.05) is 16.8 Å². The van der Waals surface area contributed by atoms with Crippen molar-refractivity contribution in [3.05, 3.63) is 46.8 Å². The molecule has 1 N–H and O–H groups in total. The van der Waals surface area contributed by atoms with Crippen molar-refractivity contribution in [1.29, 1.82) is 0 Å². The first-order valence-corrected chi connectivity index (χ1v) is 7.61. The second-order valence-electron chi connectivity index (χ2n) is 6.19. The summed E-state index contributed by atoms with van der Waals surface area (Å²) < 4.78 is 1.85. The lowest BCUT2D eigenvalue weighted by atomic mass is 9.99. The molecule has 3 rings (SSSR count). The van der Waals surface area contributed by atoms with E-state index in [4.69, 9.17) is 5.10 Å². The molecule has 0 aliphatic carbocycles. The molecule has 2 heterocycles. The van der Waals surface area contributed by atoms with Crippen LogP contribution in [-0.4, -0.2) is 39.3 Å². The molecule has 0 bridgehead atoms. The first kappa shape index (κ1) is 14.8. The topological polar surface area (TPSA) is 58.4 Å². The lowest BCUT2D eigenvalue weighted by Gasteiger charge is -2.24. The molecule has 1 aliphatic heterocycles. The van der Waals surface area contributed by atoms with Crippen LogP contribution in [-0.2, 0) is 13.0 Å². The number of carboxylic acids is 1. The van der Waals surface area contributed by atoms with E-state index < -0.39 is 5.97 Å². The van der Waals surface area contributed by atoms with Gasteiger partial charge in [0.05, 0.1) is 22.6 Å². The number of likely N-dealkylation sites (N-methyl/N-ethyl adjacent to an activating group) is 1. The number of carboxylic acid groups (broad SMARTS) is 1. The lowest BCUT2D eigenvalue weighted by Crippen LogP contribution is -2.27. The summed E-state index contributed by atoms with van der Waals surface area (Å²) in [5, 5.41) is 14.2. The summed E-state index contributed by atoms with van der Waals surface area (Å²) in [6.45, 7) is 6.10. The number of carbonyl (C=O) groups is 1. The molecule has 5 heteroatoms. The van der Waals surface area contributed by atoms with Crippen LogP contribution >= 0.6 is 0 Å². The van der Waals surface area contributed by atoms with E-state index in [2.05, 4.69) is 25.8 Å². The number of nitrogens with zero attached hydrogens (tertiary/aromatic N) is 3. The van der Waals surface area contributed by atoms with Gasteiger partial charge in [-0.1, -0.05) is 26.0 Å². The average Bonchev–Trinajstić information content (AvgIpc) is 2.85. The Labute approximate surface area is 130 Å². The van der Waals surface area contributed by atoms with Crippen LogP contribution in [0.25, 0.3) is 5.69 Å². The van der Waals surface area contributed by atoms with Crippen LogP contribution in [0.2, 0.25) is 0 Å². The van der Waals surface area contributed by atoms with E-state index in [9.17, 15) is 9.90 Å². The Morgan fingerprint density at radius 3 is 2.73 bits per heavy atom. The van der Waals surface area contributed by atoms with Gasteiger partial charge in [-0.05, 0) is 25.1 Å². The molecule has 2 aromatic rings. The molecule has 0 radical (unpaired) electrons. The van der Waals surface area contributed by atoms with Crippen LogP contribution in [0, 0.1) is 0 Å². The zero-order chi connectivity index (χ0) is 15.9. The van der Waals surface area contributed by atoms with Gasteiger partial charge in [-0.25, -0.2) is 9.48 Å². The van der Waals surface area contributed by atoms with E-state index in [0.717, 1.165) is 30.9 Å². The predicted octanol–water partition coefficient (Wildman–Crippen LogP) is 2.68. The maximum atomic E-state index is 11.5. The molecule has 5 nitrogen and oxygen atoms in total. The van der Waals surface area contributed by atoms with Crippen molar-refractivity contribution >= 4 is 5.97 Å². The van der Waals surface area contributed by atoms with Gasteiger partial charge in [-0.3, -0.25) is 0 Å². The van der Waals surface area contributed by atoms with Crippen molar-refractivity contribution in [2.24, 2.45) is 0 Å². The first-order valence-electron chi connectivity index (χ1n) is 7.61. The molecule has 0 saturated carbocycles. The molecule has 0 amide bonds. The number of aromatic nitrogens is 2. The van der Waals surface area contributed by atoms with Crippen LogP contribution in [0.3, 0.4) is 0 Å². The number of fused-ring (bicyclic) bond motifs is 1. The minimum absolute atomic E-state index is 0.294. The maximum Gasteiger partial charge on any atom is 0.337 e. The highest BCUT2D eigenvalue weighted by Gasteiger charge is 2.26. The molecule has 0 atom stereocenters. The van der Waals surface area contributed by atoms with Crippen LogP contribution in [0.1, 0.15) is 47.1 Å². The van der Waals surface area contributed by atoms with Crippen LogP contribution in [0.5, 0.6) is 0 Å². The average molecular weight is 299 g/mol. The Morgan fingerprint density at radius 1 is 1.32 bits per heavy atom. The Balaban J connectivity index is 2.21. The molecule has 1 aromatic carbocycles. The number of hydrogen-bond donors (Lipinski definition) is 1. The van der Waals surface area contributed by atoms with E-state index >= 15 is 0 Å². The molecular formula is C17H21N3O2. The summed E-state index contributed by atoms with van der Waals surface area (Å²) in [6, 6.07) is 7.08. The fourth-order valence-electron chi connectivity index (χ4n) is 3.08. The van der Waals surface area contributed by atoms with Gasteiger partial charge in [0, 0.05) is 25.1 Å². The van der Waals surface area contributed by atoms with Crippen LogP contribution in [0.15, 0.2) is 24.3 Å². The van der Waals surface area contributed by atoms with Crippen LogP contribution in [0.4, 0.5) is 0 Å². The monoisotopic (exact) mass is 299 g/mol. The van der Waals surface area contributed by atoms with E-state index in [-0.39, 0.29) is 0 Å². The second kappa shape index (κ2) is 5.57. The summed E-state index contributed by atoms with van der Waals surface area (Å²) in [7, 11) is 2.11. The molecule has 0 spiro atoms. The highest BCUT2D eigenvalue weighted by atomic mass is 16.4. The first-order chi connectivity index (χ1) is 10.5. The van der Waals surface area contributed by atoms with Crippen molar-refractivity contribution in [3.8, 4) is 5.69 Å². The normalized spacial score (nSPS) is 15.1. The number of hydrogen-bond acceptors (Lipinski definition) is 3. The lowest BCUT2D eigenvalue weighted by molar-refractivity contribution is 0.0696. The fourth-order valence-corrected chi connectivity index (χ4v) is 3.08. The quantitative estimate of drug-likeness (QED) is 0.946.